The normalized spacial score (nSPS) is 20.0. The molecule has 0 aliphatic carbocycles. The lowest BCUT2D eigenvalue weighted by molar-refractivity contribution is -0.392. The highest BCUT2D eigenvalue weighted by Crippen LogP contribution is 2.29. The number of carbonyl (C=O) groups excluding carboxylic acids is 1. The lowest BCUT2D eigenvalue weighted by Gasteiger charge is -2.07. The summed E-state index contributed by atoms with van der Waals surface area (Å²) in [4.78, 5) is 22.3. The summed E-state index contributed by atoms with van der Waals surface area (Å²) in [5, 5.41) is 14.3. The van der Waals surface area contributed by atoms with Crippen molar-refractivity contribution in [3.63, 3.8) is 0 Å². The molecule has 0 spiro atoms. The van der Waals surface area contributed by atoms with Crippen LogP contribution in [0.3, 0.4) is 0 Å². The van der Waals surface area contributed by atoms with Gasteiger partial charge in [0.05, 0.1) is 11.3 Å². The number of hydrogen-bond acceptors (Lipinski definition) is 6. The monoisotopic (exact) mass is 308 g/mol. The zero-order valence-electron chi connectivity index (χ0n) is 9.69. The average molecular weight is 309 g/mol. The van der Waals surface area contributed by atoms with E-state index < -0.39 is 30.7 Å². The highest BCUT2D eigenvalue weighted by Gasteiger charge is 2.38. The molecule has 0 aromatic carbocycles. The van der Waals surface area contributed by atoms with Crippen molar-refractivity contribution >= 4 is 31.5 Å². The Bertz CT molecular complexity index is 654. The predicted octanol–water partition coefficient (Wildman–Crippen LogP) is 0.122. The molecule has 19 heavy (non-hydrogen) atoms. The Labute approximate surface area is 112 Å². The van der Waals surface area contributed by atoms with Crippen LogP contribution in [0.5, 0.6) is 0 Å². The molecule has 1 aliphatic rings. The highest BCUT2D eigenvalue weighted by molar-refractivity contribution is 8.13. The largest absolute Gasteiger partial charge is 0.410 e. The summed E-state index contributed by atoms with van der Waals surface area (Å²) in [6.07, 6.45) is 1.32. The molecule has 11 heteroatoms. The van der Waals surface area contributed by atoms with Crippen LogP contribution >= 0.6 is 10.7 Å². The van der Waals surface area contributed by atoms with Crippen molar-refractivity contribution in [2.75, 3.05) is 13.6 Å². The van der Waals surface area contributed by atoms with E-state index in [4.69, 9.17) is 10.7 Å². The summed E-state index contributed by atoms with van der Waals surface area (Å²) in [5.74, 6) is -1.16. The fourth-order valence-electron chi connectivity index (χ4n) is 1.87. The van der Waals surface area contributed by atoms with Crippen molar-refractivity contribution in [2.24, 2.45) is 0 Å². The number of hydrogen-bond donors (Lipinski definition) is 0. The van der Waals surface area contributed by atoms with Crippen molar-refractivity contribution in [2.45, 2.75) is 17.4 Å². The molecule has 0 radical (unpaired) electrons. The molecular formula is C8H9ClN4O5S. The van der Waals surface area contributed by atoms with Crippen LogP contribution in [0.1, 0.15) is 12.5 Å². The van der Waals surface area contributed by atoms with Gasteiger partial charge in [0.15, 0.2) is 6.04 Å². The Balaban J connectivity index is 2.50. The van der Waals surface area contributed by atoms with Gasteiger partial charge in [0.1, 0.15) is 0 Å². The number of halogens is 1. The number of likely N-dealkylation sites (tertiary alicyclic amines) is 1. The molecule has 0 saturated carbocycles. The first kappa shape index (κ1) is 13.7. The lowest BCUT2D eigenvalue weighted by atomic mass is 10.2. The number of amides is 1. The van der Waals surface area contributed by atoms with E-state index in [1.165, 1.54) is 4.90 Å². The molecule has 1 aromatic rings. The Morgan fingerprint density at radius 3 is 2.58 bits per heavy atom. The zero-order chi connectivity index (χ0) is 14.4. The Morgan fingerprint density at radius 2 is 2.21 bits per heavy atom. The van der Waals surface area contributed by atoms with E-state index in [1.54, 1.807) is 7.05 Å². The van der Waals surface area contributed by atoms with Crippen molar-refractivity contribution in [3.05, 3.63) is 16.3 Å². The fourth-order valence-corrected chi connectivity index (χ4v) is 2.77. The van der Waals surface area contributed by atoms with E-state index in [0.29, 0.717) is 13.0 Å². The first-order valence-corrected chi connectivity index (χ1v) is 7.46. The molecule has 1 aromatic heterocycles. The minimum atomic E-state index is -4.30. The highest BCUT2D eigenvalue weighted by atomic mass is 35.7. The van der Waals surface area contributed by atoms with E-state index in [9.17, 15) is 23.3 Å². The van der Waals surface area contributed by atoms with Gasteiger partial charge in [0, 0.05) is 24.3 Å². The van der Waals surface area contributed by atoms with Gasteiger partial charge in [-0.15, -0.1) is 0 Å². The molecule has 1 atom stereocenters. The van der Waals surface area contributed by atoms with Crippen LogP contribution in [0.4, 0.5) is 5.82 Å². The standard InChI is InChI=1S/C8H9ClN4O5S/c1-11-3-2-5(8(11)14)12-4-6(19(9,17)18)7(10-12)13(15)16/h4-5H,2-3H2,1H3. The fraction of sp³-hybridized carbons (Fsp3) is 0.500. The van der Waals surface area contributed by atoms with Crippen LogP contribution in [0.2, 0.25) is 0 Å². The van der Waals surface area contributed by atoms with Crippen molar-refractivity contribution < 1.29 is 18.1 Å². The summed E-state index contributed by atoms with van der Waals surface area (Å²) in [7, 11) is 2.40. The molecule has 1 saturated heterocycles. The molecule has 1 unspecified atom stereocenters. The first-order chi connectivity index (χ1) is 8.71. The van der Waals surface area contributed by atoms with Crippen LogP contribution < -0.4 is 0 Å². The Hall–Kier alpha value is -1.68. The molecule has 2 heterocycles. The molecule has 1 fully saturated rings. The zero-order valence-corrected chi connectivity index (χ0v) is 11.3. The third-order valence-electron chi connectivity index (χ3n) is 2.83. The van der Waals surface area contributed by atoms with Crippen LogP contribution in [0, 0.1) is 10.1 Å². The maximum atomic E-state index is 11.8. The number of nitro groups is 1. The molecule has 2 rings (SSSR count). The second-order valence-corrected chi connectivity index (χ2v) is 6.59. The van der Waals surface area contributed by atoms with Gasteiger partial charge in [0.2, 0.25) is 10.8 Å². The van der Waals surface area contributed by atoms with Gasteiger partial charge in [-0.2, -0.15) is 4.68 Å². The first-order valence-electron chi connectivity index (χ1n) is 5.15. The minimum Gasteiger partial charge on any atom is -0.358 e. The van der Waals surface area contributed by atoms with Crippen LogP contribution in [-0.2, 0) is 13.8 Å². The molecule has 1 amide bonds. The van der Waals surface area contributed by atoms with Crippen LogP contribution in [-0.4, -0.2) is 47.5 Å². The lowest BCUT2D eigenvalue weighted by Crippen LogP contribution is -2.24. The van der Waals surface area contributed by atoms with Gasteiger partial charge in [-0.25, -0.2) is 8.42 Å². The van der Waals surface area contributed by atoms with Gasteiger partial charge >= 0.3 is 5.82 Å². The van der Waals surface area contributed by atoms with Crippen molar-refractivity contribution in [1.29, 1.82) is 0 Å². The van der Waals surface area contributed by atoms with E-state index in [0.717, 1.165) is 10.9 Å². The topological polar surface area (TPSA) is 115 Å². The summed E-state index contributed by atoms with van der Waals surface area (Å²) >= 11 is 0. The van der Waals surface area contributed by atoms with E-state index >= 15 is 0 Å². The van der Waals surface area contributed by atoms with Crippen molar-refractivity contribution in [1.82, 2.24) is 14.7 Å². The number of rotatable bonds is 3. The molecular weight excluding hydrogens is 300 g/mol. The third-order valence-corrected chi connectivity index (χ3v) is 4.15. The quantitative estimate of drug-likeness (QED) is 0.445. The molecule has 0 N–H and O–H groups in total. The van der Waals surface area contributed by atoms with Gasteiger partial charge < -0.3 is 15.0 Å². The maximum Gasteiger partial charge on any atom is 0.410 e. The van der Waals surface area contributed by atoms with E-state index in [2.05, 4.69) is 5.10 Å². The third kappa shape index (κ3) is 2.40. The second kappa shape index (κ2) is 4.46. The Kier molecular flexibility index (Phi) is 3.22. The van der Waals surface area contributed by atoms with Gasteiger partial charge in [-0.3, -0.25) is 4.79 Å². The molecule has 104 valence electrons. The summed E-state index contributed by atoms with van der Waals surface area (Å²) in [6.45, 7) is 0.472. The molecule has 1 aliphatic heterocycles. The number of likely N-dealkylation sites (N-methyl/N-ethyl adjacent to an activating group) is 1. The summed E-state index contributed by atoms with van der Waals surface area (Å²) in [6, 6.07) is -0.740. The number of aromatic nitrogens is 2. The maximum absolute atomic E-state index is 11.8. The SMILES string of the molecule is CN1CCC(n2cc(S(=O)(=O)Cl)c([N+](=O)[O-])n2)C1=O. The molecule has 9 nitrogen and oxygen atoms in total. The summed E-state index contributed by atoms with van der Waals surface area (Å²) in [5.41, 5.74) is 0. The summed E-state index contributed by atoms with van der Waals surface area (Å²) < 4.78 is 23.5. The van der Waals surface area contributed by atoms with Gasteiger partial charge in [0.25, 0.3) is 9.05 Å². The predicted molar refractivity (Wildman–Crippen MR) is 63.2 cm³/mol. The molecule has 0 bridgehead atoms. The average Bonchev–Trinajstić information content (AvgIpc) is 2.84. The van der Waals surface area contributed by atoms with E-state index in [1.807, 2.05) is 0 Å². The van der Waals surface area contributed by atoms with Gasteiger partial charge in [-0.05, 0) is 11.3 Å². The minimum absolute atomic E-state index is 0.282. The van der Waals surface area contributed by atoms with E-state index in [-0.39, 0.29) is 5.91 Å². The Morgan fingerprint density at radius 1 is 1.58 bits per heavy atom. The smallest absolute Gasteiger partial charge is 0.358 e. The van der Waals surface area contributed by atoms with Crippen molar-refractivity contribution in [3.8, 4) is 0 Å². The van der Waals surface area contributed by atoms with Gasteiger partial charge in [-0.1, -0.05) is 0 Å². The number of nitrogens with zero attached hydrogens (tertiary/aromatic N) is 4. The number of carbonyl (C=O) groups is 1. The second-order valence-electron chi connectivity index (χ2n) is 4.06. The van der Waals surface area contributed by atoms with Crippen LogP contribution in [0.25, 0.3) is 0 Å². The van der Waals surface area contributed by atoms with Crippen LogP contribution in [0.15, 0.2) is 11.1 Å².